The predicted octanol–water partition coefficient (Wildman–Crippen LogP) is 7.61. The van der Waals surface area contributed by atoms with Gasteiger partial charge in [-0.15, -0.1) is 0 Å². The zero-order valence-electron chi connectivity index (χ0n) is 23.4. The Kier molecular flexibility index (Phi) is 8.03. The Morgan fingerprint density at radius 3 is 1.47 bits per heavy atom. The van der Waals surface area contributed by atoms with Gasteiger partial charge in [0.1, 0.15) is 18.2 Å². The van der Waals surface area contributed by atoms with Gasteiger partial charge in [-0.05, 0) is 38.9 Å². The largest absolute Gasteiger partial charge is 0.480 e. The van der Waals surface area contributed by atoms with Gasteiger partial charge in [-0.25, -0.2) is 9.59 Å². The van der Waals surface area contributed by atoms with Gasteiger partial charge in [-0.2, -0.15) is 12.6 Å². The average Bonchev–Trinajstić information content (AvgIpc) is 3.38. The molecule has 1 unspecified atom stereocenters. The van der Waals surface area contributed by atoms with E-state index in [1.165, 1.54) is 4.90 Å². The van der Waals surface area contributed by atoms with Crippen LogP contribution in [0.5, 0.6) is 0 Å². The highest BCUT2D eigenvalue weighted by Gasteiger charge is 2.50. The molecule has 0 spiro atoms. The molecule has 5 nitrogen and oxygen atoms in total. The molecule has 0 saturated carbocycles. The zero-order valence-corrected chi connectivity index (χ0v) is 24.3. The van der Waals surface area contributed by atoms with Gasteiger partial charge in [0.15, 0.2) is 0 Å². The molecule has 6 rings (SSSR count). The fraction of sp³-hybridized carbons (Fsp3) is 0.135. The molecular weight excluding hydrogens is 554 g/mol. The highest BCUT2D eigenvalue weighted by molar-refractivity contribution is 7.80. The lowest BCUT2D eigenvalue weighted by molar-refractivity contribution is -0.143. The summed E-state index contributed by atoms with van der Waals surface area (Å²) in [6.45, 7) is 0.0523. The van der Waals surface area contributed by atoms with Gasteiger partial charge in [0.05, 0.1) is 0 Å². The Morgan fingerprint density at radius 2 is 1.07 bits per heavy atom. The number of rotatable bonds is 9. The Bertz CT molecular complexity index is 1580. The molecule has 43 heavy (non-hydrogen) atoms. The first-order valence-corrected chi connectivity index (χ1v) is 14.8. The lowest BCUT2D eigenvalue weighted by atomic mass is 9.75. The summed E-state index contributed by atoms with van der Waals surface area (Å²) in [5.74, 6) is -1.47. The van der Waals surface area contributed by atoms with Crippen molar-refractivity contribution in [2.24, 2.45) is 0 Å². The molecule has 6 heteroatoms. The van der Waals surface area contributed by atoms with Crippen LogP contribution in [0.4, 0.5) is 4.79 Å². The minimum atomic E-state index is -1.34. The van der Waals surface area contributed by atoms with Gasteiger partial charge in [-0.1, -0.05) is 140 Å². The van der Waals surface area contributed by atoms with Gasteiger partial charge in [0.2, 0.25) is 0 Å². The zero-order chi connectivity index (χ0) is 29.8. The third-order valence-corrected chi connectivity index (χ3v) is 8.58. The molecule has 1 N–H and O–H groups in total. The number of carbonyl (C=O) groups excluding carboxylic acids is 1. The van der Waals surface area contributed by atoms with Crippen molar-refractivity contribution in [2.75, 3.05) is 12.4 Å². The van der Waals surface area contributed by atoms with E-state index in [0.717, 1.165) is 38.9 Å². The molecule has 0 heterocycles. The summed E-state index contributed by atoms with van der Waals surface area (Å²) < 4.78 is 6.19. The first-order valence-electron chi connectivity index (χ1n) is 14.2. The molecule has 1 atom stereocenters. The number of carboxylic acids is 1. The smallest absolute Gasteiger partial charge is 0.411 e. The molecule has 1 amide bonds. The molecule has 0 saturated heterocycles. The van der Waals surface area contributed by atoms with Gasteiger partial charge in [0, 0.05) is 11.7 Å². The lowest BCUT2D eigenvalue weighted by Crippen LogP contribution is -2.59. The number of hydrogen-bond acceptors (Lipinski definition) is 4. The van der Waals surface area contributed by atoms with E-state index in [9.17, 15) is 14.7 Å². The Balaban J connectivity index is 1.51. The van der Waals surface area contributed by atoms with Crippen molar-refractivity contribution >= 4 is 24.7 Å². The van der Waals surface area contributed by atoms with E-state index in [1.54, 1.807) is 0 Å². The van der Waals surface area contributed by atoms with Crippen LogP contribution in [-0.4, -0.2) is 40.5 Å². The average molecular weight is 586 g/mol. The van der Waals surface area contributed by atoms with Crippen molar-refractivity contribution in [3.05, 3.63) is 167 Å². The van der Waals surface area contributed by atoms with Crippen molar-refractivity contribution in [1.29, 1.82) is 0 Å². The van der Waals surface area contributed by atoms with Crippen molar-refractivity contribution in [1.82, 2.24) is 4.90 Å². The molecule has 5 aromatic rings. The van der Waals surface area contributed by atoms with Crippen molar-refractivity contribution in [3.63, 3.8) is 0 Å². The summed E-state index contributed by atoms with van der Waals surface area (Å²) in [4.78, 5) is 28.9. The number of benzene rings is 5. The van der Waals surface area contributed by atoms with Crippen molar-refractivity contribution in [3.8, 4) is 11.1 Å². The number of carboxylic acid groups (broad SMARTS) is 1. The quantitative estimate of drug-likeness (QED) is 0.138. The molecular formula is C37H31NO4S. The summed E-state index contributed by atoms with van der Waals surface area (Å²) >= 11 is 4.46. The number of thiol groups is 1. The maximum Gasteiger partial charge on any atom is 0.411 e. The van der Waals surface area contributed by atoms with Crippen LogP contribution in [0.3, 0.4) is 0 Å². The molecule has 1 aliphatic rings. The standard InChI is InChI=1S/C37H31NO4S/c39-35(40)34(25-43)38(36(41)42-24-33-31-22-12-10-20-29(31)30-21-11-13-23-32(30)33)37(26-14-4-1-5-15-26,27-16-6-2-7-17-27)28-18-8-3-9-19-28/h1-23,33-34,43H,24-25H2,(H,39,40). The maximum absolute atomic E-state index is 14.6. The third kappa shape index (κ3) is 4.98. The third-order valence-electron chi connectivity index (χ3n) is 8.24. The van der Waals surface area contributed by atoms with Gasteiger partial charge in [0.25, 0.3) is 0 Å². The van der Waals surface area contributed by atoms with Crippen molar-refractivity contribution < 1.29 is 19.4 Å². The first-order chi connectivity index (χ1) is 21.1. The number of ether oxygens (including phenoxy) is 1. The molecule has 5 aromatic carbocycles. The first kappa shape index (κ1) is 28.3. The molecule has 0 radical (unpaired) electrons. The van der Waals surface area contributed by atoms with E-state index in [2.05, 4.69) is 36.9 Å². The van der Waals surface area contributed by atoms with Crippen molar-refractivity contribution in [2.45, 2.75) is 17.5 Å². The fourth-order valence-electron chi connectivity index (χ4n) is 6.39. The number of carbonyl (C=O) groups is 2. The summed E-state index contributed by atoms with van der Waals surface area (Å²) in [5.41, 5.74) is 5.23. The summed E-state index contributed by atoms with van der Waals surface area (Å²) in [7, 11) is 0. The van der Waals surface area contributed by atoms with Crippen LogP contribution < -0.4 is 0 Å². The lowest BCUT2D eigenvalue weighted by Gasteiger charge is -2.47. The highest BCUT2D eigenvalue weighted by atomic mass is 32.1. The van der Waals surface area contributed by atoms with Crippen LogP contribution in [-0.2, 0) is 15.1 Å². The monoisotopic (exact) mass is 585 g/mol. The number of nitrogens with zero attached hydrogens (tertiary/aromatic N) is 1. The summed E-state index contributed by atoms with van der Waals surface area (Å²) in [6, 6.07) is 43.5. The van der Waals surface area contributed by atoms with E-state index >= 15 is 0 Å². The Labute approximate surface area is 256 Å². The summed E-state index contributed by atoms with van der Waals surface area (Å²) in [5, 5.41) is 10.5. The maximum atomic E-state index is 14.6. The minimum absolute atomic E-state index is 0.0523. The van der Waals surface area contributed by atoms with Crippen LogP contribution in [0.2, 0.25) is 0 Å². The molecule has 0 aliphatic heterocycles. The molecule has 0 aromatic heterocycles. The van der Waals surface area contributed by atoms with Gasteiger partial charge >= 0.3 is 12.1 Å². The minimum Gasteiger partial charge on any atom is -0.480 e. The number of fused-ring (bicyclic) bond motifs is 3. The van der Waals surface area contributed by atoms with E-state index < -0.39 is 23.6 Å². The van der Waals surface area contributed by atoms with Crippen LogP contribution in [0.1, 0.15) is 33.7 Å². The predicted molar refractivity (Wildman–Crippen MR) is 171 cm³/mol. The second kappa shape index (κ2) is 12.2. The van der Waals surface area contributed by atoms with Crippen LogP contribution in [0.25, 0.3) is 11.1 Å². The van der Waals surface area contributed by atoms with E-state index in [1.807, 2.05) is 115 Å². The van der Waals surface area contributed by atoms with Gasteiger partial charge < -0.3 is 9.84 Å². The molecule has 0 fully saturated rings. The van der Waals surface area contributed by atoms with E-state index in [-0.39, 0.29) is 18.3 Å². The fourth-order valence-corrected chi connectivity index (χ4v) is 6.71. The van der Waals surface area contributed by atoms with Crippen LogP contribution in [0, 0.1) is 0 Å². The van der Waals surface area contributed by atoms with Crippen LogP contribution >= 0.6 is 12.6 Å². The molecule has 1 aliphatic carbocycles. The number of hydrogen-bond donors (Lipinski definition) is 2. The second-order valence-corrected chi connectivity index (χ2v) is 10.9. The van der Waals surface area contributed by atoms with Crippen LogP contribution in [0.15, 0.2) is 140 Å². The van der Waals surface area contributed by atoms with Gasteiger partial charge in [-0.3, -0.25) is 4.90 Å². The topological polar surface area (TPSA) is 66.8 Å². The highest BCUT2D eigenvalue weighted by Crippen LogP contribution is 2.46. The SMILES string of the molecule is O=C(O)C(CS)N(C(=O)OCC1c2ccccc2-c2ccccc21)C(c1ccccc1)(c1ccccc1)c1ccccc1. The van der Waals surface area contributed by atoms with E-state index in [4.69, 9.17) is 4.74 Å². The molecule has 214 valence electrons. The number of aliphatic carboxylic acids is 1. The molecule has 0 bridgehead atoms. The summed E-state index contributed by atoms with van der Waals surface area (Å²) in [6.07, 6.45) is -0.736. The van der Waals surface area contributed by atoms with E-state index in [0.29, 0.717) is 0 Å². The Morgan fingerprint density at radius 1 is 0.674 bits per heavy atom. The second-order valence-electron chi connectivity index (χ2n) is 10.5. The Hall–Kier alpha value is -4.81. The normalized spacial score (nSPS) is 13.0. The number of amides is 1.